The first-order valence-corrected chi connectivity index (χ1v) is 12.1. The van der Waals surface area contributed by atoms with Crippen LogP contribution < -0.4 is 0 Å². The minimum Gasteiger partial charge on any atom is -0.453 e. The zero-order valence-electron chi connectivity index (χ0n) is 18.3. The second-order valence-corrected chi connectivity index (χ2v) is 9.24. The zero-order valence-corrected chi connectivity index (χ0v) is 20.4. The third kappa shape index (κ3) is 3.72. The number of fused-ring (bicyclic) bond motifs is 2. The molecule has 1 aliphatic carbocycles. The standard InChI is InChI=1S/C30H16INO3/c31-25(17-32)29-22-8-4-5-9-23(22)30(33)24(29)14-21-15-27-28(34-21)16-26(35-27)20-12-10-19(11-13-20)18-6-2-1-3-7-18/h1-16H/b24-14-,29-25+. The summed E-state index contributed by atoms with van der Waals surface area (Å²) >= 11 is 1.98. The summed E-state index contributed by atoms with van der Waals surface area (Å²) in [5.41, 5.74) is 6.90. The fraction of sp³-hybridized carbons (Fsp3) is 0. The molecule has 5 heteroatoms. The number of furan rings is 2. The van der Waals surface area contributed by atoms with E-state index in [0.29, 0.717) is 43.0 Å². The number of carbonyl (C=O) groups excluding carboxylic acids is 1. The quantitative estimate of drug-likeness (QED) is 0.125. The molecule has 0 atom stereocenters. The van der Waals surface area contributed by atoms with Gasteiger partial charge in [-0.3, -0.25) is 4.79 Å². The van der Waals surface area contributed by atoms with Gasteiger partial charge in [0.1, 0.15) is 17.6 Å². The van der Waals surface area contributed by atoms with Gasteiger partial charge in [-0.05, 0) is 45.4 Å². The number of hydrogen-bond acceptors (Lipinski definition) is 4. The van der Waals surface area contributed by atoms with Gasteiger partial charge in [-0.15, -0.1) is 0 Å². The molecule has 0 radical (unpaired) electrons. The van der Waals surface area contributed by atoms with Gasteiger partial charge in [0.2, 0.25) is 0 Å². The van der Waals surface area contributed by atoms with E-state index in [9.17, 15) is 10.1 Å². The second-order valence-electron chi connectivity index (χ2n) is 8.16. The molecule has 0 N–H and O–H groups in total. The minimum atomic E-state index is -0.118. The lowest BCUT2D eigenvalue weighted by Gasteiger charge is -2.02. The van der Waals surface area contributed by atoms with Crippen molar-refractivity contribution in [3.63, 3.8) is 0 Å². The van der Waals surface area contributed by atoms with Crippen LogP contribution in [-0.4, -0.2) is 5.78 Å². The summed E-state index contributed by atoms with van der Waals surface area (Å²) in [6.45, 7) is 0. The number of nitriles is 1. The normalized spacial score (nSPS) is 15.4. The Kier molecular flexibility index (Phi) is 5.24. The van der Waals surface area contributed by atoms with Gasteiger partial charge in [0.05, 0.1) is 3.58 Å². The summed E-state index contributed by atoms with van der Waals surface area (Å²) in [5.74, 6) is 1.09. The Morgan fingerprint density at radius 2 is 1.40 bits per heavy atom. The Balaban J connectivity index is 1.34. The molecule has 0 spiro atoms. The largest absolute Gasteiger partial charge is 0.453 e. The summed E-state index contributed by atoms with van der Waals surface area (Å²) < 4.78 is 12.5. The van der Waals surface area contributed by atoms with E-state index in [0.717, 1.165) is 22.3 Å². The first kappa shape index (κ1) is 21.4. The molecule has 3 aromatic carbocycles. The van der Waals surface area contributed by atoms with Crippen LogP contribution in [0.1, 0.15) is 21.7 Å². The highest BCUT2D eigenvalue weighted by molar-refractivity contribution is 14.1. The molecule has 0 saturated heterocycles. The molecular weight excluding hydrogens is 549 g/mol. The number of allylic oxidation sites excluding steroid dienone is 3. The fourth-order valence-corrected chi connectivity index (χ4v) is 4.98. The van der Waals surface area contributed by atoms with Crippen LogP contribution in [0.5, 0.6) is 0 Å². The van der Waals surface area contributed by atoms with E-state index in [1.807, 2.05) is 77.2 Å². The molecule has 6 rings (SSSR count). The van der Waals surface area contributed by atoms with E-state index in [-0.39, 0.29) is 5.78 Å². The van der Waals surface area contributed by atoms with Gasteiger partial charge >= 0.3 is 0 Å². The average molecular weight is 565 g/mol. The van der Waals surface area contributed by atoms with Crippen LogP contribution in [0.2, 0.25) is 0 Å². The number of carbonyl (C=O) groups is 1. The van der Waals surface area contributed by atoms with Crippen LogP contribution in [0.15, 0.2) is 109 Å². The fourth-order valence-electron chi connectivity index (χ4n) is 4.40. The summed E-state index contributed by atoms with van der Waals surface area (Å²) in [5, 5.41) is 9.50. The highest BCUT2D eigenvalue weighted by Crippen LogP contribution is 2.42. The van der Waals surface area contributed by atoms with Crippen molar-refractivity contribution < 1.29 is 13.6 Å². The molecule has 166 valence electrons. The smallest absolute Gasteiger partial charge is 0.194 e. The first-order chi connectivity index (χ1) is 17.1. The highest BCUT2D eigenvalue weighted by Gasteiger charge is 2.32. The maximum atomic E-state index is 13.1. The topological polar surface area (TPSA) is 67.1 Å². The molecule has 4 nitrogen and oxygen atoms in total. The molecule has 0 unspecified atom stereocenters. The number of halogens is 1. The van der Waals surface area contributed by atoms with E-state index in [4.69, 9.17) is 8.83 Å². The number of ketones is 1. The monoisotopic (exact) mass is 565 g/mol. The van der Waals surface area contributed by atoms with Gasteiger partial charge in [0.25, 0.3) is 0 Å². The highest BCUT2D eigenvalue weighted by atomic mass is 127. The van der Waals surface area contributed by atoms with Gasteiger partial charge in [-0.2, -0.15) is 5.26 Å². The predicted octanol–water partition coefficient (Wildman–Crippen LogP) is 8.31. The van der Waals surface area contributed by atoms with E-state index < -0.39 is 0 Å². The van der Waals surface area contributed by atoms with E-state index in [2.05, 4.69) is 30.3 Å². The van der Waals surface area contributed by atoms with Gasteiger partial charge in [-0.25, -0.2) is 0 Å². The summed E-state index contributed by atoms with van der Waals surface area (Å²) in [4.78, 5) is 13.1. The number of Topliss-reactive ketones (excluding diaryl/α,β-unsaturated/α-hetero) is 1. The van der Waals surface area contributed by atoms with E-state index in [1.165, 1.54) is 0 Å². The van der Waals surface area contributed by atoms with Gasteiger partial charge < -0.3 is 8.83 Å². The van der Waals surface area contributed by atoms with Crippen molar-refractivity contribution in [2.45, 2.75) is 0 Å². The Morgan fingerprint density at radius 3 is 2.11 bits per heavy atom. The third-order valence-corrected chi connectivity index (χ3v) is 6.84. The molecular formula is C30H16INO3. The zero-order chi connectivity index (χ0) is 23.9. The van der Waals surface area contributed by atoms with E-state index >= 15 is 0 Å². The summed E-state index contributed by atoms with van der Waals surface area (Å²) in [6.07, 6.45) is 1.69. The van der Waals surface area contributed by atoms with Crippen molar-refractivity contribution in [3.8, 4) is 28.5 Å². The van der Waals surface area contributed by atoms with E-state index in [1.54, 1.807) is 18.2 Å². The van der Waals surface area contributed by atoms with Crippen LogP contribution in [0, 0.1) is 11.3 Å². The van der Waals surface area contributed by atoms with Crippen molar-refractivity contribution in [1.82, 2.24) is 0 Å². The molecule has 0 amide bonds. The van der Waals surface area contributed by atoms with Gasteiger partial charge in [0.15, 0.2) is 16.9 Å². The third-order valence-electron chi connectivity index (χ3n) is 6.06. The van der Waals surface area contributed by atoms with Crippen LogP contribution in [0.25, 0.3) is 45.3 Å². The van der Waals surface area contributed by atoms with Crippen molar-refractivity contribution in [1.29, 1.82) is 5.26 Å². The van der Waals surface area contributed by atoms with Crippen molar-refractivity contribution in [2.24, 2.45) is 0 Å². The molecule has 0 fully saturated rings. The Bertz CT molecular complexity index is 1680. The first-order valence-electron chi connectivity index (χ1n) is 11.0. The maximum Gasteiger partial charge on any atom is 0.194 e. The summed E-state index contributed by atoms with van der Waals surface area (Å²) in [7, 11) is 0. The molecule has 35 heavy (non-hydrogen) atoms. The molecule has 2 heterocycles. The molecule has 0 saturated carbocycles. The molecule has 1 aliphatic rings. The number of benzene rings is 3. The van der Waals surface area contributed by atoms with Crippen LogP contribution >= 0.6 is 22.6 Å². The second kappa shape index (κ2) is 8.57. The Hall–Kier alpha value is -4.15. The summed E-state index contributed by atoms with van der Waals surface area (Å²) in [6, 6.07) is 31.5. The number of nitrogens with zero attached hydrogens (tertiary/aromatic N) is 1. The van der Waals surface area contributed by atoms with Crippen molar-refractivity contribution >= 4 is 51.2 Å². The predicted molar refractivity (Wildman–Crippen MR) is 145 cm³/mol. The molecule has 2 aromatic heterocycles. The Morgan fingerprint density at radius 1 is 0.771 bits per heavy atom. The van der Waals surface area contributed by atoms with Gasteiger partial charge in [0, 0.05) is 34.4 Å². The van der Waals surface area contributed by atoms with Crippen molar-refractivity contribution in [2.75, 3.05) is 0 Å². The van der Waals surface area contributed by atoms with Crippen LogP contribution in [0.4, 0.5) is 0 Å². The number of hydrogen-bond donors (Lipinski definition) is 0. The van der Waals surface area contributed by atoms with Crippen molar-refractivity contribution in [3.05, 3.63) is 117 Å². The molecule has 5 aromatic rings. The SMILES string of the molecule is N#C/C(I)=C1\C(=C\c2cc3oc(-c4ccc(-c5ccccc5)cc4)cc3o2)C(=O)c2ccccc21. The lowest BCUT2D eigenvalue weighted by Crippen LogP contribution is -1.94. The van der Waals surface area contributed by atoms with Crippen LogP contribution in [0.3, 0.4) is 0 Å². The molecule has 0 aliphatic heterocycles. The van der Waals surface area contributed by atoms with Crippen LogP contribution in [-0.2, 0) is 0 Å². The lowest BCUT2D eigenvalue weighted by atomic mass is 10.0. The Labute approximate surface area is 214 Å². The average Bonchev–Trinajstić information content (AvgIpc) is 3.55. The lowest BCUT2D eigenvalue weighted by molar-refractivity contribution is 0.104. The minimum absolute atomic E-state index is 0.118. The maximum absolute atomic E-state index is 13.1. The van der Waals surface area contributed by atoms with Gasteiger partial charge in [-0.1, -0.05) is 78.9 Å². The molecule has 0 bridgehead atoms. The number of rotatable bonds is 3.